The van der Waals surface area contributed by atoms with Crippen molar-refractivity contribution >= 4 is 40.5 Å². The average Bonchev–Trinajstić information content (AvgIpc) is 2.51. The van der Waals surface area contributed by atoms with Gasteiger partial charge in [-0.1, -0.05) is 23.7 Å². The molecule has 1 aromatic carbocycles. The predicted octanol–water partition coefficient (Wildman–Crippen LogP) is 1.83. The fraction of sp³-hybridized carbons (Fsp3) is 0.133. The molecule has 0 saturated carbocycles. The van der Waals surface area contributed by atoms with Gasteiger partial charge < -0.3 is 9.88 Å². The van der Waals surface area contributed by atoms with Crippen molar-refractivity contribution in [3.8, 4) is 0 Å². The van der Waals surface area contributed by atoms with E-state index in [4.69, 9.17) is 23.8 Å². The Morgan fingerprint density at radius 3 is 2.74 bits per heavy atom. The Labute approximate surface area is 143 Å². The van der Waals surface area contributed by atoms with Crippen LogP contribution in [0.3, 0.4) is 0 Å². The number of benzene rings is 1. The maximum absolute atomic E-state index is 11.8. The number of nitrogens with one attached hydrogen (secondary N) is 3. The molecule has 6 nitrogen and oxygen atoms in total. The van der Waals surface area contributed by atoms with Crippen molar-refractivity contribution in [3.63, 3.8) is 0 Å². The number of nitrogens with zero attached hydrogens (tertiary/aromatic N) is 1. The maximum Gasteiger partial charge on any atom is 0.258 e. The highest BCUT2D eigenvalue weighted by molar-refractivity contribution is 7.80. The minimum absolute atomic E-state index is 0.106. The van der Waals surface area contributed by atoms with Gasteiger partial charge in [-0.25, -0.2) is 0 Å². The van der Waals surface area contributed by atoms with Crippen LogP contribution in [0.15, 0.2) is 47.4 Å². The molecule has 0 aliphatic carbocycles. The van der Waals surface area contributed by atoms with Crippen LogP contribution in [-0.2, 0) is 11.3 Å². The molecule has 23 heavy (non-hydrogen) atoms. The summed E-state index contributed by atoms with van der Waals surface area (Å²) < 4.78 is 1.28. The second-order valence-electron chi connectivity index (χ2n) is 4.76. The number of aryl methyl sites for hydroxylation is 1. The summed E-state index contributed by atoms with van der Waals surface area (Å²) in [6.45, 7) is 1.79. The highest BCUT2D eigenvalue weighted by Gasteiger charge is 2.05. The fourth-order valence-electron chi connectivity index (χ4n) is 1.74. The first kappa shape index (κ1) is 17.0. The van der Waals surface area contributed by atoms with Gasteiger partial charge >= 0.3 is 0 Å². The van der Waals surface area contributed by atoms with E-state index in [9.17, 15) is 9.59 Å². The number of hydrogen-bond acceptors (Lipinski definition) is 3. The van der Waals surface area contributed by atoms with Crippen molar-refractivity contribution in [3.05, 3.63) is 63.5 Å². The third-order valence-corrected chi connectivity index (χ3v) is 3.57. The van der Waals surface area contributed by atoms with Crippen molar-refractivity contribution in [2.75, 3.05) is 5.32 Å². The van der Waals surface area contributed by atoms with Crippen molar-refractivity contribution in [2.45, 2.75) is 13.5 Å². The van der Waals surface area contributed by atoms with Gasteiger partial charge in [-0.3, -0.25) is 20.4 Å². The van der Waals surface area contributed by atoms with Crippen molar-refractivity contribution in [2.24, 2.45) is 0 Å². The first-order valence-electron chi connectivity index (χ1n) is 6.73. The van der Waals surface area contributed by atoms with Gasteiger partial charge in [-0.05, 0) is 42.9 Å². The number of anilines is 1. The van der Waals surface area contributed by atoms with Crippen LogP contribution in [0.25, 0.3) is 0 Å². The quantitative estimate of drug-likeness (QED) is 0.581. The van der Waals surface area contributed by atoms with Gasteiger partial charge in [0.2, 0.25) is 0 Å². The summed E-state index contributed by atoms with van der Waals surface area (Å²) in [5.74, 6) is -0.399. The first-order valence-corrected chi connectivity index (χ1v) is 7.52. The highest BCUT2D eigenvalue weighted by Crippen LogP contribution is 2.19. The van der Waals surface area contributed by atoms with Gasteiger partial charge in [0.25, 0.3) is 11.5 Å². The average molecular weight is 351 g/mol. The summed E-state index contributed by atoms with van der Waals surface area (Å²) in [7, 11) is 0. The first-order chi connectivity index (χ1) is 11.0. The summed E-state index contributed by atoms with van der Waals surface area (Å²) in [5, 5.41) is 3.72. The molecule has 1 heterocycles. The lowest BCUT2D eigenvalue weighted by Crippen LogP contribution is -2.45. The van der Waals surface area contributed by atoms with Crippen LogP contribution in [0.2, 0.25) is 5.02 Å². The summed E-state index contributed by atoms with van der Waals surface area (Å²) in [6.07, 6.45) is 1.53. The Morgan fingerprint density at radius 1 is 1.26 bits per heavy atom. The van der Waals surface area contributed by atoms with Crippen LogP contribution in [0.1, 0.15) is 5.56 Å². The van der Waals surface area contributed by atoms with Crippen LogP contribution in [0.4, 0.5) is 5.69 Å². The van der Waals surface area contributed by atoms with Crippen molar-refractivity contribution in [1.82, 2.24) is 15.4 Å². The number of hydrazine groups is 1. The van der Waals surface area contributed by atoms with Crippen LogP contribution in [0, 0.1) is 6.92 Å². The van der Waals surface area contributed by atoms with Gasteiger partial charge in [0.05, 0.1) is 0 Å². The van der Waals surface area contributed by atoms with E-state index in [1.165, 1.54) is 16.8 Å². The minimum atomic E-state index is -0.399. The molecule has 3 N–H and O–H groups in total. The Morgan fingerprint density at radius 2 is 2.04 bits per heavy atom. The number of carbonyl (C=O) groups is 1. The molecule has 0 unspecified atom stereocenters. The molecule has 2 aromatic rings. The maximum atomic E-state index is 11.8. The zero-order valence-electron chi connectivity index (χ0n) is 12.3. The molecule has 8 heteroatoms. The lowest BCUT2D eigenvalue weighted by molar-refractivity contribution is -0.122. The second kappa shape index (κ2) is 7.75. The molecule has 1 amide bonds. The molecule has 0 radical (unpaired) electrons. The van der Waals surface area contributed by atoms with Crippen LogP contribution < -0.4 is 21.7 Å². The van der Waals surface area contributed by atoms with Gasteiger partial charge in [0.15, 0.2) is 5.11 Å². The summed E-state index contributed by atoms with van der Waals surface area (Å²) >= 11 is 11.1. The van der Waals surface area contributed by atoms with E-state index in [2.05, 4.69) is 16.2 Å². The van der Waals surface area contributed by atoms with Gasteiger partial charge in [0, 0.05) is 23.0 Å². The predicted molar refractivity (Wildman–Crippen MR) is 94.4 cm³/mol. The lowest BCUT2D eigenvalue weighted by atomic mass is 10.2. The minimum Gasteiger partial charge on any atom is -0.331 e. The smallest absolute Gasteiger partial charge is 0.258 e. The topological polar surface area (TPSA) is 75.2 Å². The Balaban J connectivity index is 1.84. The zero-order valence-corrected chi connectivity index (χ0v) is 13.9. The van der Waals surface area contributed by atoms with Gasteiger partial charge in [-0.15, -0.1) is 0 Å². The molecule has 0 saturated heterocycles. The van der Waals surface area contributed by atoms with E-state index >= 15 is 0 Å². The Bertz CT molecular complexity index is 791. The molecule has 0 spiro atoms. The highest BCUT2D eigenvalue weighted by atomic mass is 35.5. The number of halogens is 1. The number of rotatable bonds is 3. The largest absolute Gasteiger partial charge is 0.331 e. The van der Waals surface area contributed by atoms with Gasteiger partial charge in [0.1, 0.15) is 6.54 Å². The molecule has 1 aromatic heterocycles. The molecule has 0 atom stereocenters. The van der Waals surface area contributed by atoms with E-state index in [0.29, 0.717) is 10.7 Å². The number of amides is 1. The molecular formula is C15H15ClN4O2S. The molecule has 120 valence electrons. The van der Waals surface area contributed by atoms with E-state index in [1.807, 2.05) is 19.1 Å². The Kier molecular flexibility index (Phi) is 5.72. The molecular weight excluding hydrogens is 336 g/mol. The molecule has 0 bridgehead atoms. The number of thiocarbonyl (C=S) groups is 1. The van der Waals surface area contributed by atoms with E-state index in [0.717, 1.165) is 5.56 Å². The Hall–Kier alpha value is -2.38. The SMILES string of the molecule is Cc1ccc(NC(=S)NNC(=O)Cn2ccccc2=O)cc1Cl. The summed E-state index contributed by atoms with van der Waals surface area (Å²) in [5.41, 5.74) is 6.39. The van der Waals surface area contributed by atoms with Crippen molar-refractivity contribution in [1.29, 1.82) is 0 Å². The third-order valence-electron chi connectivity index (χ3n) is 2.96. The third kappa shape index (κ3) is 5.08. The number of carbonyl (C=O) groups excluding carboxylic acids is 1. The van der Waals surface area contributed by atoms with Gasteiger partial charge in [-0.2, -0.15) is 0 Å². The number of pyridine rings is 1. The molecule has 0 fully saturated rings. The molecule has 2 rings (SSSR count). The van der Waals surface area contributed by atoms with E-state index in [-0.39, 0.29) is 17.2 Å². The van der Waals surface area contributed by atoms with Crippen molar-refractivity contribution < 1.29 is 4.79 Å². The van der Waals surface area contributed by atoms with Crippen LogP contribution in [0.5, 0.6) is 0 Å². The van der Waals surface area contributed by atoms with Crippen LogP contribution in [-0.4, -0.2) is 15.6 Å². The zero-order chi connectivity index (χ0) is 16.8. The normalized spacial score (nSPS) is 10.0. The number of hydrogen-bond donors (Lipinski definition) is 3. The fourth-order valence-corrected chi connectivity index (χ4v) is 2.09. The van der Waals surface area contributed by atoms with E-state index in [1.54, 1.807) is 18.2 Å². The standard InChI is InChI=1S/C15H15ClN4O2S/c1-10-5-6-11(8-12(10)16)17-15(23)19-18-13(21)9-20-7-3-2-4-14(20)22/h2-8H,9H2,1H3,(H,18,21)(H2,17,19,23). The second-order valence-corrected chi connectivity index (χ2v) is 5.57. The summed E-state index contributed by atoms with van der Waals surface area (Å²) in [4.78, 5) is 23.3. The van der Waals surface area contributed by atoms with Crippen LogP contribution >= 0.6 is 23.8 Å². The lowest BCUT2D eigenvalue weighted by Gasteiger charge is -2.12. The number of aromatic nitrogens is 1. The molecule has 0 aliphatic heterocycles. The summed E-state index contributed by atoms with van der Waals surface area (Å²) in [6, 6.07) is 10.1. The molecule has 0 aliphatic rings. The van der Waals surface area contributed by atoms with E-state index < -0.39 is 5.91 Å². The monoisotopic (exact) mass is 350 g/mol.